The van der Waals surface area contributed by atoms with Crippen LogP contribution in [0.5, 0.6) is 0 Å². The summed E-state index contributed by atoms with van der Waals surface area (Å²) in [4.78, 5) is 20.4. The minimum atomic E-state index is 0.0641. The zero-order chi connectivity index (χ0) is 14.2. The van der Waals surface area contributed by atoms with E-state index in [1.807, 2.05) is 27.8 Å². The van der Waals surface area contributed by atoms with E-state index in [1.165, 1.54) is 0 Å². The van der Waals surface area contributed by atoms with Crippen LogP contribution in [0.1, 0.15) is 29.8 Å². The number of thiazole rings is 1. The van der Waals surface area contributed by atoms with Gasteiger partial charge in [0.1, 0.15) is 10.7 Å². The number of fused-ring (bicyclic) bond motifs is 1. The molecule has 4 nitrogen and oxygen atoms in total. The second-order valence-corrected chi connectivity index (χ2v) is 7.23. The van der Waals surface area contributed by atoms with E-state index in [9.17, 15) is 4.79 Å². The van der Waals surface area contributed by atoms with Crippen LogP contribution >= 0.6 is 22.7 Å². The second kappa shape index (κ2) is 5.51. The number of rotatable bonds is 2. The number of hydrogen-bond acceptors (Lipinski definition) is 5. The molecule has 2 atom stereocenters. The number of morpholine rings is 1. The van der Waals surface area contributed by atoms with Crippen molar-refractivity contribution in [2.45, 2.75) is 31.4 Å². The Hall–Kier alpha value is -1.24. The summed E-state index contributed by atoms with van der Waals surface area (Å²) in [6.45, 7) is 1.33. The van der Waals surface area contributed by atoms with Crippen LogP contribution in [0, 0.1) is 0 Å². The first-order valence-corrected chi connectivity index (χ1v) is 9.01. The van der Waals surface area contributed by atoms with Gasteiger partial charge in [0, 0.05) is 11.9 Å². The Bertz CT molecular complexity index is 638. The van der Waals surface area contributed by atoms with E-state index in [4.69, 9.17) is 4.74 Å². The molecule has 2 aromatic heterocycles. The average Bonchev–Trinajstić information content (AvgIpc) is 3.23. The van der Waals surface area contributed by atoms with E-state index in [-0.39, 0.29) is 18.1 Å². The monoisotopic (exact) mass is 320 g/mol. The van der Waals surface area contributed by atoms with Crippen molar-refractivity contribution in [3.05, 3.63) is 28.6 Å². The lowest BCUT2D eigenvalue weighted by Gasteiger charge is -2.37. The molecule has 4 rings (SSSR count). The highest BCUT2D eigenvalue weighted by Crippen LogP contribution is 2.32. The van der Waals surface area contributed by atoms with Gasteiger partial charge in [-0.1, -0.05) is 6.07 Å². The third kappa shape index (κ3) is 2.41. The van der Waals surface area contributed by atoms with Gasteiger partial charge < -0.3 is 9.64 Å². The Labute approximate surface area is 131 Å². The molecule has 1 amide bonds. The van der Waals surface area contributed by atoms with Crippen molar-refractivity contribution in [1.29, 1.82) is 0 Å². The van der Waals surface area contributed by atoms with Gasteiger partial charge in [-0.25, -0.2) is 4.98 Å². The van der Waals surface area contributed by atoms with Crippen molar-refractivity contribution in [2.24, 2.45) is 0 Å². The molecule has 2 fully saturated rings. The summed E-state index contributed by atoms with van der Waals surface area (Å²) in [6.07, 6.45) is 3.51. The van der Waals surface area contributed by atoms with Crippen LogP contribution in [-0.4, -0.2) is 41.1 Å². The highest BCUT2D eigenvalue weighted by molar-refractivity contribution is 7.20. The zero-order valence-electron chi connectivity index (χ0n) is 11.5. The maximum atomic E-state index is 12.7. The zero-order valence-corrected chi connectivity index (χ0v) is 13.2. The van der Waals surface area contributed by atoms with Crippen molar-refractivity contribution >= 4 is 28.6 Å². The topological polar surface area (TPSA) is 42.4 Å². The molecule has 0 unspecified atom stereocenters. The van der Waals surface area contributed by atoms with Gasteiger partial charge in [0.15, 0.2) is 0 Å². The number of hydrogen-bond donors (Lipinski definition) is 0. The molecule has 110 valence electrons. The summed E-state index contributed by atoms with van der Waals surface area (Å²) in [6, 6.07) is 4.30. The molecule has 1 saturated carbocycles. The van der Waals surface area contributed by atoms with E-state index in [1.54, 1.807) is 22.7 Å². The predicted molar refractivity (Wildman–Crippen MR) is 83.8 cm³/mol. The minimum absolute atomic E-state index is 0.0641. The molecule has 1 saturated heterocycles. The van der Waals surface area contributed by atoms with Gasteiger partial charge in [0.2, 0.25) is 0 Å². The Kier molecular flexibility index (Phi) is 3.52. The van der Waals surface area contributed by atoms with Crippen molar-refractivity contribution in [3.8, 4) is 9.88 Å². The van der Waals surface area contributed by atoms with Crippen LogP contribution in [-0.2, 0) is 4.74 Å². The molecular weight excluding hydrogens is 304 g/mol. The molecule has 0 N–H and O–H groups in total. The molecule has 0 aromatic carbocycles. The Morgan fingerprint density at radius 2 is 2.33 bits per heavy atom. The number of aromatic nitrogens is 1. The molecule has 1 aliphatic carbocycles. The predicted octanol–water partition coefficient (Wildman–Crippen LogP) is 3.27. The van der Waals surface area contributed by atoms with Crippen LogP contribution < -0.4 is 0 Å². The first kappa shape index (κ1) is 13.4. The molecule has 2 aliphatic rings. The van der Waals surface area contributed by atoms with Crippen molar-refractivity contribution in [3.63, 3.8) is 0 Å². The Morgan fingerprint density at radius 3 is 3.19 bits per heavy atom. The molecule has 2 aromatic rings. The van der Waals surface area contributed by atoms with Crippen LogP contribution in [0.4, 0.5) is 0 Å². The summed E-state index contributed by atoms with van der Waals surface area (Å²) in [7, 11) is 0. The van der Waals surface area contributed by atoms with Crippen molar-refractivity contribution in [2.75, 3.05) is 13.2 Å². The molecule has 3 heterocycles. The van der Waals surface area contributed by atoms with Gasteiger partial charge in [0.25, 0.3) is 5.91 Å². The quantitative estimate of drug-likeness (QED) is 0.853. The molecule has 0 bridgehead atoms. The van der Waals surface area contributed by atoms with Gasteiger partial charge in [-0.3, -0.25) is 4.79 Å². The van der Waals surface area contributed by atoms with E-state index in [0.29, 0.717) is 18.8 Å². The van der Waals surface area contributed by atoms with Gasteiger partial charge in [-0.15, -0.1) is 22.7 Å². The minimum Gasteiger partial charge on any atom is -0.374 e. The lowest BCUT2D eigenvalue weighted by molar-refractivity contribution is -0.0447. The summed E-state index contributed by atoms with van der Waals surface area (Å²) in [5.41, 5.74) is 0.580. The number of amides is 1. The maximum Gasteiger partial charge on any atom is 0.273 e. The molecule has 1 aliphatic heterocycles. The molecule has 0 radical (unpaired) electrons. The standard InChI is InChI=1S/C15H16N2O2S2/c18-15(17-6-7-19-12-4-1-3-11(12)17)10-9-21-14(16-10)13-5-2-8-20-13/h2,5,8-9,11-12H,1,3-4,6-7H2/t11-,12+/m1/s1. The Balaban J connectivity index is 1.57. The fourth-order valence-electron chi connectivity index (χ4n) is 3.21. The first-order valence-electron chi connectivity index (χ1n) is 7.25. The second-order valence-electron chi connectivity index (χ2n) is 5.42. The van der Waals surface area contributed by atoms with Gasteiger partial charge in [-0.05, 0) is 30.7 Å². The largest absolute Gasteiger partial charge is 0.374 e. The van der Waals surface area contributed by atoms with Gasteiger partial charge >= 0.3 is 0 Å². The maximum absolute atomic E-state index is 12.7. The molecular formula is C15H16N2O2S2. The highest BCUT2D eigenvalue weighted by atomic mass is 32.1. The molecule has 6 heteroatoms. The molecule has 21 heavy (non-hydrogen) atoms. The van der Waals surface area contributed by atoms with Crippen molar-refractivity contribution in [1.82, 2.24) is 9.88 Å². The fourth-order valence-corrected chi connectivity index (χ4v) is 4.82. The van der Waals surface area contributed by atoms with Crippen LogP contribution in [0.3, 0.4) is 0 Å². The number of ether oxygens (including phenoxy) is 1. The lowest BCUT2D eigenvalue weighted by atomic mass is 10.1. The van der Waals surface area contributed by atoms with E-state index in [2.05, 4.69) is 4.98 Å². The average molecular weight is 320 g/mol. The van der Waals surface area contributed by atoms with Crippen LogP contribution in [0.15, 0.2) is 22.9 Å². The summed E-state index contributed by atoms with van der Waals surface area (Å²) < 4.78 is 5.77. The number of nitrogens with zero attached hydrogens (tertiary/aromatic N) is 2. The Morgan fingerprint density at radius 1 is 1.38 bits per heavy atom. The summed E-state index contributed by atoms with van der Waals surface area (Å²) >= 11 is 3.20. The first-order chi connectivity index (χ1) is 10.3. The lowest BCUT2D eigenvalue weighted by Crippen LogP contribution is -2.51. The number of carbonyl (C=O) groups is 1. The van der Waals surface area contributed by atoms with E-state index >= 15 is 0 Å². The van der Waals surface area contributed by atoms with E-state index < -0.39 is 0 Å². The summed E-state index contributed by atoms with van der Waals surface area (Å²) in [5.74, 6) is 0.0641. The van der Waals surface area contributed by atoms with Crippen LogP contribution in [0.2, 0.25) is 0 Å². The van der Waals surface area contributed by atoms with Gasteiger partial charge in [-0.2, -0.15) is 0 Å². The van der Waals surface area contributed by atoms with Gasteiger partial charge in [0.05, 0.1) is 23.6 Å². The fraction of sp³-hybridized carbons (Fsp3) is 0.467. The SMILES string of the molecule is O=C(c1csc(-c2cccs2)n1)N1CCO[C@H]2CCC[C@H]21. The number of carbonyl (C=O) groups excluding carboxylic acids is 1. The van der Waals surface area contributed by atoms with Crippen molar-refractivity contribution < 1.29 is 9.53 Å². The van der Waals surface area contributed by atoms with Crippen LogP contribution in [0.25, 0.3) is 9.88 Å². The smallest absolute Gasteiger partial charge is 0.273 e. The number of thiophene rings is 1. The molecule has 0 spiro atoms. The third-order valence-corrected chi connectivity index (χ3v) is 6.08. The van der Waals surface area contributed by atoms with E-state index in [0.717, 1.165) is 29.1 Å². The third-order valence-electron chi connectivity index (χ3n) is 4.20. The normalized spacial score (nSPS) is 25.0. The summed E-state index contributed by atoms with van der Waals surface area (Å²) in [5, 5.41) is 4.85. The highest BCUT2D eigenvalue weighted by Gasteiger charge is 2.39.